The maximum Gasteiger partial charge on any atom is 0.317 e. The third-order valence-corrected chi connectivity index (χ3v) is 8.72. The minimum Gasteiger partial charge on any atom is -0.480 e. The molecule has 0 fully saturated rings. The lowest BCUT2D eigenvalue weighted by atomic mass is 10.3. The summed E-state index contributed by atoms with van der Waals surface area (Å²) >= 11 is 12.7. The molecule has 296 valence electrons. The first kappa shape index (κ1) is 44.8. The fourth-order valence-electron chi connectivity index (χ4n) is 5.24. The maximum atomic E-state index is 12.9. The van der Waals surface area contributed by atoms with E-state index in [1.54, 1.807) is 72.8 Å². The number of carboxylic acid groups (broad SMARTS) is 3. The first-order valence-electron chi connectivity index (χ1n) is 16.9. The van der Waals surface area contributed by atoms with Crippen molar-refractivity contribution in [2.45, 2.75) is 14.7 Å². The third-order valence-electron chi connectivity index (χ3n) is 7.83. The molecule has 0 unspecified atom stereocenters. The zero-order valence-electron chi connectivity index (χ0n) is 29.8. The highest BCUT2D eigenvalue weighted by atomic mass is 32.1. The quantitative estimate of drug-likeness (QED) is 0.0595. The van der Waals surface area contributed by atoms with Gasteiger partial charge in [-0.1, -0.05) is 0 Å². The molecule has 0 aliphatic rings. The predicted octanol–water partition coefficient (Wildman–Crippen LogP) is 2.23. The second-order valence-corrected chi connectivity index (χ2v) is 14.0. The number of carbonyl (C=O) groups is 6. The molecule has 3 aromatic carbocycles. The Morgan fingerprint density at radius 1 is 0.382 bits per heavy atom. The number of hydrogen-bond acceptors (Lipinski definition) is 13. The third kappa shape index (κ3) is 19.0. The monoisotopic (exact) mass is 815 g/mol. The Hall–Kier alpha value is -4.63. The van der Waals surface area contributed by atoms with E-state index in [-0.39, 0.29) is 58.9 Å². The second-order valence-electron chi connectivity index (χ2n) is 12.4. The number of rotatable bonds is 24. The van der Waals surface area contributed by atoms with Crippen molar-refractivity contribution >= 4 is 90.6 Å². The van der Waals surface area contributed by atoms with Crippen LogP contribution in [0.15, 0.2) is 87.5 Å². The maximum absolute atomic E-state index is 12.9. The van der Waals surface area contributed by atoms with E-state index in [2.05, 4.69) is 53.8 Å². The molecule has 0 aliphatic carbocycles. The Kier molecular flexibility index (Phi) is 19.0. The number of nitrogens with zero attached hydrogens (tertiary/aromatic N) is 4. The normalized spacial score (nSPS) is 11.2. The molecule has 55 heavy (non-hydrogen) atoms. The molecule has 0 heterocycles. The number of hydrogen-bond donors (Lipinski definition) is 9. The van der Waals surface area contributed by atoms with Gasteiger partial charge in [0.15, 0.2) is 0 Å². The first-order valence-corrected chi connectivity index (χ1v) is 18.3. The highest BCUT2D eigenvalue weighted by Gasteiger charge is 2.21. The van der Waals surface area contributed by atoms with Crippen LogP contribution in [0, 0.1) is 0 Å². The van der Waals surface area contributed by atoms with Gasteiger partial charge in [-0.05, 0) is 72.8 Å². The number of nitrogens with one attached hydrogen (secondary N) is 3. The summed E-state index contributed by atoms with van der Waals surface area (Å²) < 4.78 is 0. The van der Waals surface area contributed by atoms with Gasteiger partial charge in [0.1, 0.15) is 0 Å². The summed E-state index contributed by atoms with van der Waals surface area (Å²) in [7, 11) is 0. The Balaban J connectivity index is 1.74. The molecule has 6 N–H and O–H groups in total. The molecule has 0 aliphatic heterocycles. The van der Waals surface area contributed by atoms with Gasteiger partial charge in [0.2, 0.25) is 17.7 Å². The second kappa shape index (κ2) is 23.3. The zero-order chi connectivity index (χ0) is 40.3. The van der Waals surface area contributed by atoms with Gasteiger partial charge in [0, 0.05) is 71.0 Å². The first-order chi connectivity index (χ1) is 26.1. The van der Waals surface area contributed by atoms with Crippen LogP contribution < -0.4 is 16.0 Å². The van der Waals surface area contributed by atoms with Gasteiger partial charge >= 0.3 is 17.9 Å². The van der Waals surface area contributed by atoms with E-state index in [9.17, 15) is 44.1 Å². The summed E-state index contributed by atoms with van der Waals surface area (Å²) in [6, 6.07) is 20.1. The summed E-state index contributed by atoms with van der Waals surface area (Å²) in [6.07, 6.45) is 0. The summed E-state index contributed by atoms with van der Waals surface area (Å²) in [5, 5.41) is 37.0. The number of amides is 3. The number of benzene rings is 3. The van der Waals surface area contributed by atoms with E-state index in [1.165, 1.54) is 14.7 Å². The van der Waals surface area contributed by atoms with Crippen molar-refractivity contribution in [3.05, 3.63) is 72.8 Å². The van der Waals surface area contributed by atoms with Crippen LogP contribution in [-0.2, 0) is 28.8 Å². The summed E-state index contributed by atoms with van der Waals surface area (Å²) in [4.78, 5) is 82.1. The minimum absolute atomic E-state index is 0.0798. The van der Waals surface area contributed by atoms with Crippen LogP contribution >= 0.6 is 37.9 Å². The highest BCUT2D eigenvalue weighted by Crippen LogP contribution is 2.14. The van der Waals surface area contributed by atoms with Crippen molar-refractivity contribution < 1.29 is 44.1 Å². The average molecular weight is 816 g/mol. The Morgan fingerprint density at radius 2 is 0.600 bits per heavy atom. The molecule has 0 saturated carbocycles. The Morgan fingerprint density at radius 3 is 0.818 bits per heavy atom. The number of carboxylic acids is 3. The van der Waals surface area contributed by atoms with Gasteiger partial charge in [0.05, 0.1) is 39.3 Å². The molecule has 3 aromatic rings. The minimum atomic E-state index is -1.16. The van der Waals surface area contributed by atoms with Crippen LogP contribution in [0.4, 0.5) is 17.1 Å². The molecule has 0 aromatic heterocycles. The number of aliphatic carboxylic acids is 3. The number of anilines is 3. The molecule has 16 nitrogen and oxygen atoms in total. The largest absolute Gasteiger partial charge is 0.480 e. The van der Waals surface area contributed by atoms with Crippen LogP contribution in [0.25, 0.3) is 0 Å². The van der Waals surface area contributed by atoms with Crippen molar-refractivity contribution in [2.75, 3.05) is 94.5 Å². The topological polar surface area (TPSA) is 212 Å². The fourth-order valence-corrected chi connectivity index (χ4v) is 5.69. The van der Waals surface area contributed by atoms with Gasteiger partial charge in [0.25, 0.3) is 0 Å². The molecular weight excluding hydrogens is 771 g/mol. The van der Waals surface area contributed by atoms with Crippen molar-refractivity contribution in [3.8, 4) is 0 Å². The van der Waals surface area contributed by atoms with E-state index < -0.39 is 55.3 Å². The fraction of sp³-hybridized carbons (Fsp3) is 0.333. The van der Waals surface area contributed by atoms with Gasteiger partial charge in [-0.15, -0.1) is 37.9 Å². The van der Waals surface area contributed by atoms with Crippen molar-refractivity contribution in [1.82, 2.24) is 19.6 Å². The zero-order valence-corrected chi connectivity index (χ0v) is 32.5. The van der Waals surface area contributed by atoms with Crippen molar-refractivity contribution in [1.29, 1.82) is 0 Å². The predicted molar refractivity (Wildman–Crippen MR) is 216 cm³/mol. The van der Waals surface area contributed by atoms with Gasteiger partial charge < -0.3 is 31.3 Å². The molecule has 0 atom stereocenters. The molecular formula is C36H45N7O9S3. The van der Waals surface area contributed by atoms with Crippen LogP contribution in [0.1, 0.15) is 0 Å². The summed E-state index contributed by atoms with van der Waals surface area (Å²) in [5.74, 6) is -4.85. The van der Waals surface area contributed by atoms with Gasteiger partial charge in [-0.2, -0.15) is 0 Å². The molecule has 0 spiro atoms. The SMILES string of the molecule is O=C(O)CN(CCN(CCN(CC(=O)O)CC(=O)Nc1ccc(S)cc1)CCN(CC(=O)O)CC(=O)Nc1ccc(S)cc1)CC(=O)Nc1ccc(S)cc1. The number of carbonyl (C=O) groups excluding carboxylic acids is 3. The standard InChI is InChI=1S/C36H45N7O9S3/c44-31(37-25-1-7-28(53)8-2-25)19-41(22-34(47)48)16-13-40(14-17-42(23-35(49)50)20-32(45)38-26-3-9-29(54)10-4-26)15-18-43(24-36(51)52)21-33(46)39-27-5-11-30(55)12-6-27/h1-12,53-55H,13-24H2,(H,37,44)(H,38,45)(H,39,46)(H,47,48)(H,49,50)(H,51,52). The van der Waals surface area contributed by atoms with Crippen LogP contribution in [0.3, 0.4) is 0 Å². The van der Waals surface area contributed by atoms with Crippen LogP contribution in [0.2, 0.25) is 0 Å². The van der Waals surface area contributed by atoms with E-state index in [1.807, 2.05) is 4.90 Å². The van der Waals surface area contributed by atoms with Gasteiger partial charge in [-0.3, -0.25) is 48.4 Å². The van der Waals surface area contributed by atoms with Crippen molar-refractivity contribution in [2.24, 2.45) is 0 Å². The smallest absolute Gasteiger partial charge is 0.317 e. The van der Waals surface area contributed by atoms with Gasteiger partial charge in [-0.25, -0.2) is 0 Å². The average Bonchev–Trinajstić information content (AvgIpc) is 3.09. The Labute approximate surface area is 335 Å². The van der Waals surface area contributed by atoms with E-state index in [0.717, 1.165) is 0 Å². The van der Waals surface area contributed by atoms with E-state index >= 15 is 0 Å². The molecule has 0 saturated heterocycles. The molecule has 0 bridgehead atoms. The van der Waals surface area contributed by atoms with Crippen LogP contribution in [-0.4, -0.2) is 149 Å². The molecule has 0 radical (unpaired) electrons. The molecule has 3 rings (SSSR count). The summed E-state index contributed by atoms with van der Waals surface area (Å²) in [5.41, 5.74) is 1.51. The Bertz CT molecular complexity index is 1550. The summed E-state index contributed by atoms with van der Waals surface area (Å²) in [6.45, 7) is -1.43. The lowest BCUT2D eigenvalue weighted by Crippen LogP contribution is -2.47. The van der Waals surface area contributed by atoms with Crippen molar-refractivity contribution in [3.63, 3.8) is 0 Å². The van der Waals surface area contributed by atoms with E-state index in [0.29, 0.717) is 31.7 Å². The lowest BCUT2D eigenvalue weighted by molar-refractivity contribution is -0.139. The molecule has 19 heteroatoms. The van der Waals surface area contributed by atoms with Crippen LogP contribution in [0.5, 0.6) is 0 Å². The lowest BCUT2D eigenvalue weighted by Gasteiger charge is -2.30. The molecule has 3 amide bonds. The van der Waals surface area contributed by atoms with E-state index in [4.69, 9.17) is 0 Å². The highest BCUT2D eigenvalue weighted by molar-refractivity contribution is 7.80. The number of thiol groups is 3.